The zero-order valence-corrected chi connectivity index (χ0v) is 15.2. The molecule has 3 aromatic rings. The molecular formula is C20H21FN4O2. The molecule has 0 radical (unpaired) electrons. The first-order valence-electron chi connectivity index (χ1n) is 8.81. The highest BCUT2D eigenvalue weighted by Crippen LogP contribution is 2.22. The van der Waals surface area contributed by atoms with Crippen LogP contribution in [0.1, 0.15) is 37.8 Å². The van der Waals surface area contributed by atoms with Gasteiger partial charge in [-0.05, 0) is 35.7 Å². The van der Waals surface area contributed by atoms with Crippen molar-refractivity contribution in [3.05, 3.63) is 65.9 Å². The summed E-state index contributed by atoms with van der Waals surface area (Å²) >= 11 is 0. The highest BCUT2D eigenvalue weighted by atomic mass is 19.1. The zero-order chi connectivity index (χ0) is 19.2. The van der Waals surface area contributed by atoms with Gasteiger partial charge in [-0.3, -0.25) is 9.78 Å². The van der Waals surface area contributed by atoms with E-state index in [-0.39, 0.29) is 30.1 Å². The molecule has 2 heterocycles. The molecule has 0 aliphatic heterocycles. The van der Waals surface area contributed by atoms with Crippen LogP contribution in [0.25, 0.3) is 11.5 Å². The number of pyridine rings is 1. The van der Waals surface area contributed by atoms with Crippen molar-refractivity contribution in [2.75, 3.05) is 0 Å². The summed E-state index contributed by atoms with van der Waals surface area (Å²) in [5, 5.41) is 6.89. The Morgan fingerprint density at radius 2 is 1.96 bits per heavy atom. The molecule has 140 valence electrons. The molecule has 0 aliphatic rings. The minimum Gasteiger partial charge on any atom is -0.349 e. The number of hydrogen-bond acceptors (Lipinski definition) is 5. The zero-order valence-electron chi connectivity index (χ0n) is 15.2. The molecule has 7 heteroatoms. The molecule has 0 aliphatic carbocycles. The van der Waals surface area contributed by atoms with Crippen LogP contribution in [0.5, 0.6) is 0 Å². The Labute approximate surface area is 156 Å². The maximum atomic E-state index is 13.1. The maximum Gasteiger partial charge on any atom is 0.227 e. The lowest BCUT2D eigenvalue weighted by atomic mass is 9.96. The summed E-state index contributed by atoms with van der Waals surface area (Å²) in [5.41, 5.74) is 1.49. The summed E-state index contributed by atoms with van der Waals surface area (Å²) in [6, 6.07) is 11.4. The van der Waals surface area contributed by atoms with Gasteiger partial charge in [0.15, 0.2) is 0 Å². The molecule has 2 aromatic heterocycles. The fourth-order valence-electron chi connectivity index (χ4n) is 2.73. The fourth-order valence-corrected chi connectivity index (χ4v) is 2.73. The van der Waals surface area contributed by atoms with Crippen molar-refractivity contribution in [2.24, 2.45) is 5.92 Å². The van der Waals surface area contributed by atoms with Crippen LogP contribution in [0.2, 0.25) is 0 Å². The smallest absolute Gasteiger partial charge is 0.227 e. The van der Waals surface area contributed by atoms with Crippen molar-refractivity contribution < 1.29 is 13.7 Å². The van der Waals surface area contributed by atoms with Gasteiger partial charge >= 0.3 is 0 Å². The SMILES string of the molecule is CC(C)C(NC(=O)CCc1nc(-c2ccccn2)no1)c1ccc(F)cc1. The molecule has 0 saturated heterocycles. The number of nitrogens with one attached hydrogen (secondary N) is 1. The second-order valence-corrected chi connectivity index (χ2v) is 6.57. The van der Waals surface area contributed by atoms with Crippen LogP contribution in [0.3, 0.4) is 0 Å². The Bertz CT molecular complexity index is 879. The molecule has 27 heavy (non-hydrogen) atoms. The van der Waals surface area contributed by atoms with E-state index in [4.69, 9.17) is 4.52 Å². The van der Waals surface area contributed by atoms with Gasteiger partial charge in [0.25, 0.3) is 0 Å². The fraction of sp³-hybridized carbons (Fsp3) is 0.300. The summed E-state index contributed by atoms with van der Waals surface area (Å²) < 4.78 is 18.3. The normalized spacial score (nSPS) is 12.1. The first kappa shape index (κ1) is 18.7. The summed E-state index contributed by atoms with van der Waals surface area (Å²) in [6.45, 7) is 4.01. The van der Waals surface area contributed by atoms with E-state index in [0.717, 1.165) is 5.56 Å². The van der Waals surface area contributed by atoms with Crippen LogP contribution in [0.4, 0.5) is 4.39 Å². The average Bonchev–Trinajstić information content (AvgIpc) is 3.15. The average molecular weight is 368 g/mol. The second-order valence-electron chi connectivity index (χ2n) is 6.57. The minimum atomic E-state index is -0.298. The lowest BCUT2D eigenvalue weighted by Crippen LogP contribution is -2.31. The van der Waals surface area contributed by atoms with E-state index in [9.17, 15) is 9.18 Å². The number of carbonyl (C=O) groups is 1. The van der Waals surface area contributed by atoms with E-state index < -0.39 is 0 Å². The van der Waals surface area contributed by atoms with Gasteiger partial charge in [-0.2, -0.15) is 4.98 Å². The summed E-state index contributed by atoms with van der Waals surface area (Å²) in [5.74, 6) is 0.521. The van der Waals surface area contributed by atoms with E-state index >= 15 is 0 Å². The van der Waals surface area contributed by atoms with Gasteiger partial charge in [0.2, 0.25) is 17.6 Å². The van der Waals surface area contributed by atoms with Crippen molar-refractivity contribution >= 4 is 5.91 Å². The van der Waals surface area contributed by atoms with E-state index in [1.165, 1.54) is 12.1 Å². The third kappa shape index (κ3) is 4.97. The lowest BCUT2D eigenvalue weighted by Gasteiger charge is -2.23. The van der Waals surface area contributed by atoms with Gasteiger partial charge in [-0.15, -0.1) is 0 Å². The van der Waals surface area contributed by atoms with Gasteiger partial charge in [0.1, 0.15) is 11.5 Å². The van der Waals surface area contributed by atoms with Crippen molar-refractivity contribution in [1.29, 1.82) is 0 Å². The monoisotopic (exact) mass is 368 g/mol. The van der Waals surface area contributed by atoms with Crippen molar-refractivity contribution in [2.45, 2.75) is 32.7 Å². The van der Waals surface area contributed by atoms with Gasteiger partial charge in [0, 0.05) is 19.0 Å². The second kappa shape index (κ2) is 8.53. The third-order valence-corrected chi connectivity index (χ3v) is 4.14. The van der Waals surface area contributed by atoms with E-state index in [0.29, 0.717) is 23.8 Å². The van der Waals surface area contributed by atoms with Crippen molar-refractivity contribution in [1.82, 2.24) is 20.4 Å². The van der Waals surface area contributed by atoms with E-state index in [2.05, 4.69) is 20.4 Å². The molecular weight excluding hydrogens is 347 g/mol. The molecule has 1 unspecified atom stereocenters. The molecule has 1 aromatic carbocycles. The molecule has 0 spiro atoms. The Morgan fingerprint density at radius 3 is 2.63 bits per heavy atom. The topological polar surface area (TPSA) is 80.9 Å². The summed E-state index contributed by atoms with van der Waals surface area (Å²) in [4.78, 5) is 20.8. The van der Waals surface area contributed by atoms with Gasteiger partial charge in [-0.1, -0.05) is 37.2 Å². The Kier molecular flexibility index (Phi) is 5.90. The Balaban J connectivity index is 1.58. The van der Waals surface area contributed by atoms with Crippen LogP contribution < -0.4 is 5.32 Å². The van der Waals surface area contributed by atoms with Crippen LogP contribution in [-0.2, 0) is 11.2 Å². The standard InChI is InChI=1S/C20H21FN4O2/c1-13(2)19(14-6-8-15(21)9-7-14)23-17(26)10-11-18-24-20(25-27-18)16-5-3-4-12-22-16/h3-9,12-13,19H,10-11H2,1-2H3,(H,23,26). The van der Waals surface area contributed by atoms with Crippen LogP contribution in [0, 0.1) is 11.7 Å². The first-order chi connectivity index (χ1) is 13.0. The Morgan fingerprint density at radius 1 is 1.19 bits per heavy atom. The van der Waals surface area contributed by atoms with Crippen molar-refractivity contribution in [3.63, 3.8) is 0 Å². The third-order valence-electron chi connectivity index (χ3n) is 4.14. The van der Waals surface area contributed by atoms with E-state index in [1.54, 1.807) is 30.5 Å². The molecule has 3 rings (SSSR count). The highest BCUT2D eigenvalue weighted by molar-refractivity contribution is 5.76. The quantitative estimate of drug-likeness (QED) is 0.687. The predicted octanol–water partition coefficient (Wildman–Crippen LogP) is 3.72. The number of carbonyl (C=O) groups excluding carboxylic acids is 1. The van der Waals surface area contributed by atoms with E-state index in [1.807, 2.05) is 19.9 Å². The number of nitrogens with zero attached hydrogens (tertiary/aromatic N) is 3. The summed E-state index contributed by atoms with van der Waals surface area (Å²) in [6.07, 6.45) is 2.20. The van der Waals surface area contributed by atoms with Crippen molar-refractivity contribution in [3.8, 4) is 11.5 Å². The largest absolute Gasteiger partial charge is 0.349 e. The Hall–Kier alpha value is -3.09. The molecule has 0 fully saturated rings. The number of aryl methyl sites for hydroxylation is 1. The number of amides is 1. The first-order valence-corrected chi connectivity index (χ1v) is 8.81. The number of halogens is 1. The van der Waals surface area contributed by atoms with Gasteiger partial charge in [0.05, 0.1) is 6.04 Å². The maximum absolute atomic E-state index is 13.1. The number of aromatic nitrogens is 3. The van der Waals surface area contributed by atoms with Crippen LogP contribution in [0.15, 0.2) is 53.2 Å². The number of rotatable bonds is 7. The molecule has 1 N–H and O–H groups in total. The predicted molar refractivity (Wildman–Crippen MR) is 98.0 cm³/mol. The molecule has 0 saturated carbocycles. The number of hydrogen-bond donors (Lipinski definition) is 1. The highest BCUT2D eigenvalue weighted by Gasteiger charge is 2.19. The molecule has 6 nitrogen and oxygen atoms in total. The summed E-state index contributed by atoms with van der Waals surface area (Å²) in [7, 11) is 0. The lowest BCUT2D eigenvalue weighted by molar-refractivity contribution is -0.122. The molecule has 0 bridgehead atoms. The molecule has 1 amide bonds. The van der Waals surface area contributed by atoms with Crippen LogP contribution in [-0.4, -0.2) is 21.0 Å². The van der Waals surface area contributed by atoms with Crippen LogP contribution >= 0.6 is 0 Å². The van der Waals surface area contributed by atoms with Gasteiger partial charge < -0.3 is 9.84 Å². The molecule has 1 atom stereocenters. The minimum absolute atomic E-state index is 0.129. The number of benzene rings is 1. The van der Waals surface area contributed by atoms with Gasteiger partial charge in [-0.25, -0.2) is 4.39 Å².